The van der Waals surface area contributed by atoms with E-state index in [-0.39, 0.29) is 18.6 Å². The Bertz CT molecular complexity index is 1390. The third kappa shape index (κ3) is 4.44. The Morgan fingerprint density at radius 3 is 2.42 bits per heavy atom. The van der Waals surface area contributed by atoms with Gasteiger partial charge in [0.15, 0.2) is 0 Å². The molecule has 1 aromatic heterocycles. The van der Waals surface area contributed by atoms with E-state index in [4.69, 9.17) is 11.6 Å². The molecule has 0 saturated heterocycles. The Morgan fingerprint density at radius 1 is 0.935 bits per heavy atom. The molecule has 0 aliphatic carbocycles. The maximum atomic E-state index is 13.2. The van der Waals surface area contributed by atoms with Gasteiger partial charge in [0, 0.05) is 10.7 Å². The second-order valence-corrected chi connectivity index (χ2v) is 7.76. The van der Waals surface area contributed by atoms with Crippen LogP contribution in [0.4, 0.5) is 5.69 Å². The van der Waals surface area contributed by atoms with Crippen molar-refractivity contribution in [1.82, 2.24) is 9.13 Å². The number of hydrogen-bond acceptors (Lipinski definition) is 3. The number of fused-ring (bicyclic) bond motifs is 1. The summed E-state index contributed by atoms with van der Waals surface area (Å²) in [5, 5.41) is 3.61. The number of aromatic nitrogens is 2. The predicted molar refractivity (Wildman–Crippen MR) is 123 cm³/mol. The highest BCUT2D eigenvalue weighted by molar-refractivity contribution is 6.30. The molecule has 0 saturated carbocycles. The predicted octanol–water partition coefficient (Wildman–Crippen LogP) is 3.81. The number of amides is 1. The molecule has 1 N–H and O–H groups in total. The summed E-state index contributed by atoms with van der Waals surface area (Å²) < 4.78 is 2.49. The molecule has 0 atom stereocenters. The summed E-state index contributed by atoms with van der Waals surface area (Å²) in [6.07, 6.45) is 0. The lowest BCUT2D eigenvalue weighted by Gasteiger charge is -2.14. The van der Waals surface area contributed by atoms with Gasteiger partial charge < -0.3 is 5.32 Å². The van der Waals surface area contributed by atoms with Gasteiger partial charge in [0.1, 0.15) is 6.54 Å². The Balaban J connectivity index is 1.75. The number of benzene rings is 3. The molecule has 4 aromatic rings. The van der Waals surface area contributed by atoms with Gasteiger partial charge in [-0.05, 0) is 42.8 Å². The second-order valence-electron chi connectivity index (χ2n) is 7.32. The number of nitrogens with one attached hydrogen (secondary N) is 1. The highest BCUT2D eigenvalue weighted by Gasteiger charge is 2.15. The highest BCUT2D eigenvalue weighted by atomic mass is 35.5. The van der Waals surface area contributed by atoms with Gasteiger partial charge in [-0.15, -0.1) is 0 Å². The number of halogens is 1. The van der Waals surface area contributed by atoms with Crippen molar-refractivity contribution in [1.29, 1.82) is 0 Å². The molecule has 0 radical (unpaired) electrons. The number of hydrogen-bond donors (Lipinski definition) is 1. The first kappa shape index (κ1) is 20.6. The van der Waals surface area contributed by atoms with E-state index in [9.17, 15) is 14.4 Å². The van der Waals surface area contributed by atoms with Gasteiger partial charge >= 0.3 is 5.69 Å². The number of rotatable bonds is 5. The van der Waals surface area contributed by atoms with E-state index < -0.39 is 11.6 Å². The summed E-state index contributed by atoms with van der Waals surface area (Å²) in [6, 6.07) is 21.2. The van der Waals surface area contributed by atoms with E-state index in [0.717, 1.165) is 11.1 Å². The zero-order chi connectivity index (χ0) is 22.0. The van der Waals surface area contributed by atoms with Crippen LogP contribution in [-0.2, 0) is 17.9 Å². The van der Waals surface area contributed by atoms with Crippen molar-refractivity contribution in [2.45, 2.75) is 20.0 Å². The second kappa shape index (κ2) is 8.62. The van der Waals surface area contributed by atoms with Crippen LogP contribution in [0.2, 0.25) is 5.02 Å². The van der Waals surface area contributed by atoms with Crippen LogP contribution in [0.15, 0.2) is 82.4 Å². The first-order chi connectivity index (χ1) is 14.9. The Hall–Kier alpha value is -3.64. The fourth-order valence-electron chi connectivity index (χ4n) is 3.45. The molecule has 156 valence electrons. The van der Waals surface area contributed by atoms with E-state index in [1.165, 1.54) is 9.13 Å². The van der Waals surface area contributed by atoms with E-state index in [2.05, 4.69) is 5.32 Å². The average molecular weight is 434 g/mol. The number of carbonyl (C=O) groups is 1. The third-order valence-corrected chi connectivity index (χ3v) is 5.24. The molecule has 4 rings (SSSR count). The zero-order valence-corrected chi connectivity index (χ0v) is 17.6. The van der Waals surface area contributed by atoms with Gasteiger partial charge in [0.2, 0.25) is 5.91 Å². The Labute approximate surface area is 183 Å². The number of nitrogens with zero attached hydrogens (tertiary/aromatic N) is 2. The van der Waals surface area contributed by atoms with Crippen LogP contribution in [0.5, 0.6) is 0 Å². The van der Waals surface area contributed by atoms with Crippen LogP contribution in [0.25, 0.3) is 10.9 Å². The molecule has 7 heteroatoms. The Kier molecular flexibility index (Phi) is 5.73. The zero-order valence-electron chi connectivity index (χ0n) is 16.8. The topological polar surface area (TPSA) is 73.1 Å². The van der Waals surface area contributed by atoms with Crippen molar-refractivity contribution in [3.05, 3.63) is 110 Å². The van der Waals surface area contributed by atoms with Crippen molar-refractivity contribution in [2.24, 2.45) is 0 Å². The van der Waals surface area contributed by atoms with Crippen molar-refractivity contribution in [3.8, 4) is 0 Å². The molecular weight excluding hydrogens is 414 g/mol. The number of aryl methyl sites for hydroxylation is 1. The van der Waals surface area contributed by atoms with Gasteiger partial charge in [-0.2, -0.15) is 0 Å². The van der Waals surface area contributed by atoms with Gasteiger partial charge in [0.25, 0.3) is 5.56 Å². The molecule has 1 amide bonds. The van der Waals surface area contributed by atoms with Gasteiger partial charge in [0.05, 0.1) is 17.4 Å². The molecular formula is C24H20ClN3O3. The third-order valence-electron chi connectivity index (χ3n) is 5.00. The van der Waals surface area contributed by atoms with Gasteiger partial charge in [-0.1, -0.05) is 59.6 Å². The normalized spacial score (nSPS) is 10.9. The van der Waals surface area contributed by atoms with E-state index >= 15 is 0 Å². The van der Waals surface area contributed by atoms with Crippen LogP contribution in [0, 0.1) is 6.92 Å². The average Bonchev–Trinajstić information content (AvgIpc) is 2.75. The molecule has 0 aliphatic rings. The lowest BCUT2D eigenvalue weighted by molar-refractivity contribution is -0.116. The fraction of sp³-hybridized carbons (Fsp3) is 0.125. The molecule has 6 nitrogen and oxygen atoms in total. The summed E-state index contributed by atoms with van der Waals surface area (Å²) in [6.45, 7) is 1.86. The monoisotopic (exact) mass is 433 g/mol. The first-order valence-corrected chi connectivity index (χ1v) is 10.1. The van der Waals surface area contributed by atoms with Gasteiger partial charge in [-0.25, -0.2) is 4.79 Å². The largest absolute Gasteiger partial charge is 0.332 e. The standard InChI is InChI=1S/C24H20ClN3O3/c1-16-9-11-17(12-10-16)14-28-23(30)20-7-2-3-8-21(20)27(24(28)31)15-22(29)26-19-6-4-5-18(25)13-19/h2-13H,14-15H2,1H3,(H,26,29). The minimum atomic E-state index is -0.537. The van der Waals surface area contributed by atoms with Crippen molar-refractivity contribution >= 4 is 34.1 Å². The summed E-state index contributed by atoms with van der Waals surface area (Å²) in [5.41, 5.74) is 1.94. The summed E-state index contributed by atoms with van der Waals surface area (Å²) in [7, 11) is 0. The quantitative estimate of drug-likeness (QED) is 0.520. The maximum Gasteiger partial charge on any atom is 0.332 e. The molecule has 0 fully saturated rings. The van der Waals surface area contributed by atoms with Crippen molar-refractivity contribution in [2.75, 3.05) is 5.32 Å². The molecule has 31 heavy (non-hydrogen) atoms. The molecule has 0 unspecified atom stereocenters. The highest BCUT2D eigenvalue weighted by Crippen LogP contribution is 2.15. The molecule has 0 spiro atoms. The molecule has 3 aromatic carbocycles. The summed E-state index contributed by atoms with van der Waals surface area (Å²) in [4.78, 5) is 38.9. The molecule has 1 heterocycles. The summed E-state index contributed by atoms with van der Waals surface area (Å²) >= 11 is 5.97. The minimum Gasteiger partial charge on any atom is -0.324 e. The lowest BCUT2D eigenvalue weighted by Crippen LogP contribution is -2.42. The molecule has 0 aliphatic heterocycles. The SMILES string of the molecule is Cc1ccc(Cn2c(=O)c3ccccc3n(CC(=O)Nc3cccc(Cl)c3)c2=O)cc1. The van der Waals surface area contributed by atoms with Crippen molar-refractivity contribution in [3.63, 3.8) is 0 Å². The number of para-hydroxylation sites is 1. The molecule has 0 bridgehead atoms. The minimum absolute atomic E-state index is 0.124. The first-order valence-electron chi connectivity index (χ1n) is 9.76. The van der Waals surface area contributed by atoms with Crippen LogP contribution in [-0.4, -0.2) is 15.0 Å². The Morgan fingerprint density at radius 2 is 1.68 bits per heavy atom. The number of carbonyl (C=O) groups excluding carboxylic acids is 1. The lowest BCUT2D eigenvalue weighted by atomic mass is 10.1. The van der Waals surface area contributed by atoms with Crippen LogP contribution < -0.4 is 16.6 Å². The van der Waals surface area contributed by atoms with Gasteiger partial charge in [-0.3, -0.25) is 18.7 Å². The van der Waals surface area contributed by atoms with E-state index in [1.54, 1.807) is 48.5 Å². The smallest absolute Gasteiger partial charge is 0.324 e. The van der Waals surface area contributed by atoms with Crippen LogP contribution in [0.1, 0.15) is 11.1 Å². The van der Waals surface area contributed by atoms with E-state index in [1.807, 2.05) is 31.2 Å². The van der Waals surface area contributed by atoms with Crippen LogP contribution >= 0.6 is 11.6 Å². The van der Waals surface area contributed by atoms with E-state index in [0.29, 0.717) is 21.6 Å². The fourth-order valence-corrected chi connectivity index (χ4v) is 3.64. The maximum absolute atomic E-state index is 13.2. The van der Waals surface area contributed by atoms with Crippen molar-refractivity contribution < 1.29 is 4.79 Å². The number of anilines is 1. The van der Waals surface area contributed by atoms with Crippen LogP contribution in [0.3, 0.4) is 0 Å². The summed E-state index contributed by atoms with van der Waals surface area (Å²) in [5.74, 6) is -0.393.